The quantitative estimate of drug-likeness (QED) is 0.0190. The number of benzene rings is 3. The molecule has 0 saturated carbocycles. The molecule has 0 saturated heterocycles. The maximum Gasteiger partial charge on any atom is 1.00 e. The third-order valence-corrected chi connectivity index (χ3v) is 11.2. The van der Waals surface area contributed by atoms with Gasteiger partial charge in [0.2, 0.25) is 0 Å². The Labute approximate surface area is 585 Å². The third-order valence-electron chi connectivity index (χ3n) is 7.30. The Morgan fingerprint density at radius 3 is 1.07 bits per heavy atom. The van der Waals surface area contributed by atoms with Gasteiger partial charge >= 0.3 is 106 Å². The van der Waals surface area contributed by atoms with Gasteiger partial charge in [0.25, 0.3) is 0 Å². The van der Waals surface area contributed by atoms with E-state index >= 15 is 0 Å². The number of halogens is 6. The summed E-state index contributed by atoms with van der Waals surface area (Å²) in [5.74, 6) is 12.2. The summed E-state index contributed by atoms with van der Waals surface area (Å²) >= 11 is 0. The second-order valence-corrected chi connectivity index (χ2v) is 16.5. The van der Waals surface area contributed by atoms with E-state index in [9.17, 15) is 51.4 Å². The van der Waals surface area contributed by atoms with Crippen molar-refractivity contribution in [1.29, 1.82) is 0 Å². The van der Waals surface area contributed by atoms with Gasteiger partial charge in [-0.25, -0.2) is 24.0 Å². The number of aliphatic hydroxyl groups is 2. The zero-order valence-electron chi connectivity index (χ0n) is 54.6. The van der Waals surface area contributed by atoms with Gasteiger partial charge in [-0.3, -0.25) is 4.79 Å². The van der Waals surface area contributed by atoms with Gasteiger partial charge in [0.1, 0.15) is 6.29 Å². The van der Waals surface area contributed by atoms with Crippen LogP contribution >= 0.6 is 6.89 Å². The predicted molar refractivity (Wildman–Crippen MR) is 342 cm³/mol. The number of rotatable bonds is 12. The predicted octanol–water partition coefficient (Wildman–Crippen LogP) is 0.528. The van der Waals surface area contributed by atoms with Crippen LogP contribution in [-0.4, -0.2) is 153 Å². The van der Waals surface area contributed by atoms with Crippen molar-refractivity contribution in [3.63, 3.8) is 0 Å². The van der Waals surface area contributed by atoms with E-state index in [2.05, 4.69) is 53.8 Å². The van der Waals surface area contributed by atoms with Crippen LogP contribution in [0.5, 0.6) is 0 Å². The number of carboxylic acids is 3. The molecule has 29 heteroatoms. The molecule has 0 aliphatic carbocycles. The summed E-state index contributed by atoms with van der Waals surface area (Å²) in [6.45, 7) is 12.2. The molecule has 21 nitrogen and oxygen atoms in total. The summed E-state index contributed by atoms with van der Waals surface area (Å²) < 4.78 is 67.7. The fraction of sp³-hybridized carbons (Fsp3) is 0.381. The Morgan fingerprint density at radius 1 is 0.609 bits per heavy atom. The topological polar surface area (TPSA) is 361 Å². The van der Waals surface area contributed by atoms with Crippen LogP contribution in [0.15, 0.2) is 115 Å². The number of ether oxygens (including phenoxy) is 5. The van der Waals surface area contributed by atoms with E-state index in [0.717, 1.165) is 63.1 Å². The van der Waals surface area contributed by atoms with Crippen molar-refractivity contribution in [2.45, 2.75) is 115 Å². The number of carboxylic acid groups (broad SMARTS) is 3. The summed E-state index contributed by atoms with van der Waals surface area (Å²) in [6.07, 6.45) is 6.63. The molecule has 0 aliphatic rings. The molecule has 0 aromatic heterocycles. The Hall–Kier alpha value is -7.47. The molecule has 3 aromatic carbocycles. The van der Waals surface area contributed by atoms with Crippen LogP contribution in [0.1, 0.15) is 106 Å². The molecule has 0 radical (unpaired) electrons. The van der Waals surface area contributed by atoms with Gasteiger partial charge in [0, 0.05) is 78.4 Å². The minimum atomic E-state index is -3.27. The molecule has 0 bridgehead atoms. The van der Waals surface area contributed by atoms with Gasteiger partial charge in [-0.15, -0.1) is 12.3 Å². The smallest absolute Gasteiger partial charge is 1.00 e. The van der Waals surface area contributed by atoms with Crippen LogP contribution in [0.25, 0.3) is 0 Å². The van der Waals surface area contributed by atoms with Crippen LogP contribution in [0, 0.1) is 47.9 Å². The van der Waals surface area contributed by atoms with Crippen molar-refractivity contribution in [2.24, 2.45) is 0 Å². The first-order valence-corrected chi connectivity index (χ1v) is 25.9. The molecular weight excluding hydrogens is 1280 g/mol. The number of allylic oxidation sites excluding steroid dienone is 2. The van der Waals surface area contributed by atoms with Gasteiger partial charge in [-0.1, -0.05) is 150 Å². The average molecular weight is 1370 g/mol. The summed E-state index contributed by atoms with van der Waals surface area (Å²) in [4.78, 5) is 86.0. The molecule has 0 aliphatic heterocycles. The van der Waals surface area contributed by atoms with Crippen LogP contribution in [-0.2, 0) is 66.8 Å². The normalized spacial score (nSPS) is 7.88. The number of methoxy groups -OCH3 is 5. The fourth-order valence-corrected chi connectivity index (χ4v) is 7.93. The number of aliphatic hydroxyl groups excluding tert-OH is 2. The van der Waals surface area contributed by atoms with E-state index in [1.165, 1.54) is 60.0 Å². The largest absolute Gasteiger partial charge is 1.00 e. The first-order chi connectivity index (χ1) is 40.2. The number of carbonyl (C=O) groups excluding carboxylic acids is 6. The number of alkyl halides is 4. The third kappa shape index (κ3) is 98.8. The van der Waals surface area contributed by atoms with Gasteiger partial charge in [0.05, 0.1) is 21.3 Å². The van der Waals surface area contributed by atoms with E-state index in [-0.39, 0.29) is 114 Å². The minimum absolute atomic E-state index is 0. The van der Waals surface area contributed by atoms with E-state index in [4.69, 9.17) is 34.8 Å². The molecule has 0 fully saturated rings. The number of hydrogen-bond donors (Lipinski definition) is 5. The van der Waals surface area contributed by atoms with Crippen molar-refractivity contribution < 1.29 is 185 Å². The molecule has 3 rings (SSSR count). The summed E-state index contributed by atoms with van der Waals surface area (Å²) in [6, 6.07) is 29.8. The molecular formula is C63H96F6KO21P-4. The molecule has 7 N–H and O–H groups in total. The molecule has 0 heterocycles. The van der Waals surface area contributed by atoms with E-state index in [0.29, 0.717) is 12.8 Å². The van der Waals surface area contributed by atoms with Gasteiger partial charge in [-0.2, -0.15) is 27.2 Å². The number of hydrogen-bond acceptors (Lipinski definition) is 18. The molecule has 526 valence electrons. The second kappa shape index (κ2) is 99.7. The summed E-state index contributed by atoms with van der Waals surface area (Å²) in [5, 5.41) is 42.3. The molecule has 3 aromatic rings. The van der Waals surface area contributed by atoms with Crippen LogP contribution in [0.3, 0.4) is 0 Å². The Morgan fingerprint density at radius 2 is 0.946 bits per heavy atom. The van der Waals surface area contributed by atoms with Crippen LogP contribution < -0.4 is 76.7 Å². The number of aliphatic carboxylic acids is 3. The summed E-state index contributed by atoms with van der Waals surface area (Å²) in [7, 11) is 7.97. The Bertz CT molecular complexity index is 2480. The molecule has 0 amide bonds. The minimum Gasteiger partial charge on any atom is -1.00 e. The maximum atomic E-state index is 11.9. The Balaban J connectivity index is -0.0000000407. The summed E-state index contributed by atoms with van der Waals surface area (Å²) in [5.41, 5.74) is 0. The zero-order valence-corrected chi connectivity index (χ0v) is 57.6. The van der Waals surface area contributed by atoms with E-state index in [1.807, 2.05) is 110 Å². The van der Waals surface area contributed by atoms with E-state index < -0.39 is 43.0 Å². The maximum absolute atomic E-state index is 11.9. The second-order valence-electron chi connectivity index (χ2n) is 13.2. The van der Waals surface area contributed by atoms with Gasteiger partial charge < -0.3 is 75.8 Å². The van der Waals surface area contributed by atoms with Gasteiger partial charge in [0.15, 0.2) is 0 Å². The fourth-order valence-electron chi connectivity index (χ4n) is 4.33. The molecule has 0 unspecified atom stereocenters. The Kier molecular flexibility index (Phi) is 140. The number of terminal acetylenes is 1. The molecule has 92 heavy (non-hydrogen) atoms. The van der Waals surface area contributed by atoms with Crippen molar-refractivity contribution in [2.75, 3.05) is 49.8 Å². The number of aldehydes is 1. The standard InChI is InChI=1S/C20H17O2P.C5H10F2O.C5H6F2O.C5H10O2.C5H8O2.C5H6O2.C4H6O2.C4H4O2.C3H4.C2H4O.CO2.2CH4O.2CH4.2FH.K.2H2O.H2.H/c21-20(22)16-23(17-10-4-1-5-11-17,18-12-6-2-7-13-18)19-14-8-3-9-15-19;2*1-3-4-5(6,7)8-2;3*1-3-4-5(6)7-2;2*1-2-3-4(5)6;1-3-2;1-2-3;2-1-3;2*1-2;;;;;;;;;/h1-16H,(H,21,22);3-4H2,1-2H3;1-2H3;3-4H2,1-2H3;3-4H,1-2H3;1-2H3;2-3H,1H3,(H,5,6);1H3,(H,5,6);1H,2H3;2H,1H3;;2*2H,1H3;2*1H4;2*1H;;2*1H2;1H;/q;;;;;;;;;;;;;;;;;+1;;;;-1/p-4/b;;;;4-3-;;3-2-;;;;;;;;;;;;;;;. The molecule has 0 atom stereocenters. The number of carbonyl (C=O) groups is 7. The monoisotopic (exact) mass is 1370 g/mol. The van der Waals surface area contributed by atoms with Crippen molar-refractivity contribution in [1.82, 2.24) is 0 Å². The number of esters is 3. The first kappa shape index (κ1) is 129. The van der Waals surface area contributed by atoms with Crippen molar-refractivity contribution >= 4 is 76.8 Å². The van der Waals surface area contributed by atoms with E-state index in [1.54, 1.807) is 46.6 Å². The average Bonchev–Trinajstić information content (AvgIpc) is 3.48. The first-order valence-electron chi connectivity index (χ1n) is 24.1. The SMILES string of the molecule is C.C.C#CC.C/C=C\C(=O)O.C/C=C\C(=O)OC.CC#CC(=O)O.CC#CC(=O)OC.CC#CC(F)(F)OC.CC=O.CCCC(=O)OC.CCCC(F)(F)OC.CO.CO.O=C(O)C=P(c1ccccc1)(c1ccccc1)c1ccccc1.O=C=O.[F-].[F-].[H-].[HH].[K+].[OH-].[OH-]. The van der Waals surface area contributed by atoms with Crippen molar-refractivity contribution in [3.05, 3.63) is 115 Å². The zero-order chi connectivity index (χ0) is 68.6. The van der Waals surface area contributed by atoms with Gasteiger partial charge in [-0.05, 0) is 84.1 Å². The van der Waals surface area contributed by atoms with Crippen molar-refractivity contribution in [3.8, 4) is 47.9 Å². The molecule has 0 spiro atoms. The van der Waals surface area contributed by atoms with Crippen LogP contribution in [0.2, 0.25) is 0 Å². The van der Waals surface area contributed by atoms with Crippen LogP contribution in [0.4, 0.5) is 17.6 Å².